The van der Waals surface area contributed by atoms with Gasteiger partial charge in [0, 0.05) is 22.9 Å². The Hall–Kier alpha value is -4.04. The Morgan fingerprint density at radius 2 is 2.14 bits per heavy atom. The number of esters is 1. The number of ether oxygens (including phenoxy) is 1. The Labute approximate surface area is 205 Å². The molecule has 0 aromatic carbocycles. The van der Waals surface area contributed by atoms with Crippen molar-refractivity contribution >= 4 is 63.7 Å². The number of aliphatic carboxylic acids is 1. The number of rotatable bonds is 10. The second-order valence-corrected chi connectivity index (χ2v) is 8.87. The van der Waals surface area contributed by atoms with E-state index in [0.29, 0.717) is 0 Å². The lowest BCUT2D eigenvalue weighted by atomic mass is 10.0. The van der Waals surface area contributed by atoms with Gasteiger partial charge in [-0.25, -0.2) is 4.79 Å². The molecule has 184 valence electrons. The second-order valence-electron chi connectivity index (χ2n) is 6.99. The molecule has 4 N–H and O–H groups in total. The van der Waals surface area contributed by atoms with E-state index in [9.17, 15) is 29.1 Å². The van der Waals surface area contributed by atoms with E-state index in [-0.39, 0.29) is 28.0 Å². The third-order valence-electron chi connectivity index (χ3n) is 4.49. The highest BCUT2D eigenvalue weighted by Crippen LogP contribution is 2.40. The standard InChI is InChI=1S/C18H17N7O8S2/c1-7(26)4-9(27)32-5-8-6-34-16-11(15(29)25(16)12(8)17(30)31)21-14(28)10(23-33-3-2-19)13-22-18(20)35-24-13/h11,16H,3-6H2,1H3,(H,21,28)(H,30,31)(H2,20,22,24)/t11-,16+/m1/s1. The van der Waals surface area contributed by atoms with Gasteiger partial charge in [0.1, 0.15) is 42.0 Å². The molecule has 1 aromatic rings. The lowest BCUT2D eigenvalue weighted by molar-refractivity contribution is -0.150. The van der Waals surface area contributed by atoms with Crippen molar-refractivity contribution in [1.82, 2.24) is 19.6 Å². The van der Waals surface area contributed by atoms with Crippen LogP contribution < -0.4 is 11.1 Å². The Bertz CT molecular complexity index is 1190. The molecule has 1 aromatic heterocycles. The number of carbonyl (C=O) groups is 5. The molecule has 0 spiro atoms. The molecule has 3 rings (SSSR count). The zero-order valence-electron chi connectivity index (χ0n) is 17.9. The maximum absolute atomic E-state index is 12.8. The third kappa shape index (κ3) is 5.73. The number of hydrogen-bond donors (Lipinski definition) is 3. The molecule has 1 fully saturated rings. The van der Waals surface area contributed by atoms with Crippen LogP contribution in [-0.4, -0.2) is 85.0 Å². The van der Waals surface area contributed by atoms with Crippen LogP contribution in [0.5, 0.6) is 0 Å². The molecule has 15 nitrogen and oxygen atoms in total. The summed E-state index contributed by atoms with van der Waals surface area (Å²) in [7, 11) is 0. The molecule has 2 aliphatic heterocycles. The van der Waals surface area contributed by atoms with Crippen molar-refractivity contribution in [2.75, 3.05) is 24.7 Å². The van der Waals surface area contributed by atoms with E-state index < -0.39 is 66.3 Å². The topological polar surface area (TPSA) is 227 Å². The smallest absolute Gasteiger partial charge is 0.352 e. The highest BCUT2D eigenvalue weighted by molar-refractivity contribution is 8.00. The van der Waals surface area contributed by atoms with Crippen LogP contribution in [0.15, 0.2) is 16.4 Å². The fourth-order valence-corrected chi connectivity index (χ4v) is 4.83. The monoisotopic (exact) mass is 523 g/mol. The molecular weight excluding hydrogens is 506 g/mol. The number of ketones is 1. The first-order valence-electron chi connectivity index (χ1n) is 9.66. The van der Waals surface area contributed by atoms with Gasteiger partial charge in [0.05, 0.1) is 0 Å². The van der Waals surface area contributed by atoms with Crippen molar-refractivity contribution in [2.24, 2.45) is 5.16 Å². The van der Waals surface area contributed by atoms with Gasteiger partial charge in [-0.2, -0.15) is 14.6 Å². The van der Waals surface area contributed by atoms with Gasteiger partial charge in [0.2, 0.25) is 18.1 Å². The summed E-state index contributed by atoms with van der Waals surface area (Å²) in [4.78, 5) is 69.7. The zero-order chi connectivity index (χ0) is 25.7. The van der Waals surface area contributed by atoms with Crippen molar-refractivity contribution in [3.8, 4) is 6.07 Å². The van der Waals surface area contributed by atoms with Gasteiger partial charge >= 0.3 is 11.9 Å². The van der Waals surface area contributed by atoms with Crippen molar-refractivity contribution in [1.29, 1.82) is 5.26 Å². The maximum atomic E-state index is 12.8. The number of Topliss-reactive ketones (excluding diaryl/α,β-unsaturated/α-hetero) is 1. The van der Waals surface area contributed by atoms with Gasteiger partial charge in [-0.3, -0.25) is 24.1 Å². The molecule has 0 unspecified atom stereocenters. The van der Waals surface area contributed by atoms with Crippen LogP contribution in [0.4, 0.5) is 5.13 Å². The number of anilines is 1. The fourth-order valence-electron chi connectivity index (χ4n) is 3.07. The summed E-state index contributed by atoms with van der Waals surface area (Å²) in [6.45, 7) is 0.346. The quantitative estimate of drug-likeness (QED) is 0.0803. The molecule has 2 aliphatic rings. The van der Waals surface area contributed by atoms with Gasteiger partial charge in [-0.15, -0.1) is 11.8 Å². The molecule has 3 heterocycles. The highest BCUT2D eigenvalue weighted by Gasteiger charge is 2.54. The van der Waals surface area contributed by atoms with Crippen molar-refractivity contribution in [3.63, 3.8) is 0 Å². The Morgan fingerprint density at radius 1 is 1.40 bits per heavy atom. The minimum absolute atomic E-state index is 0.0438. The van der Waals surface area contributed by atoms with E-state index >= 15 is 0 Å². The number of amides is 2. The van der Waals surface area contributed by atoms with Crippen LogP contribution in [0, 0.1) is 11.3 Å². The fraction of sp³-hybridized carbons (Fsp3) is 0.389. The molecule has 1 saturated heterocycles. The van der Waals surface area contributed by atoms with Crippen LogP contribution in [0.1, 0.15) is 19.2 Å². The van der Waals surface area contributed by atoms with Crippen LogP contribution in [0.3, 0.4) is 0 Å². The number of nitrogens with one attached hydrogen (secondary N) is 1. The normalized spacial score (nSPS) is 19.3. The summed E-state index contributed by atoms with van der Waals surface area (Å²) in [5, 5.41) is 23.5. The van der Waals surface area contributed by atoms with Crippen LogP contribution >= 0.6 is 23.3 Å². The first-order valence-corrected chi connectivity index (χ1v) is 11.5. The number of β-lactam (4-membered cyclic amide) rings is 1. The van der Waals surface area contributed by atoms with Crippen LogP contribution in [0.2, 0.25) is 0 Å². The molecule has 2 amide bonds. The number of nitriles is 1. The first kappa shape index (κ1) is 25.6. The largest absolute Gasteiger partial charge is 0.477 e. The van der Waals surface area contributed by atoms with Gasteiger partial charge in [-0.05, 0) is 6.92 Å². The first-order chi connectivity index (χ1) is 16.6. The zero-order valence-corrected chi connectivity index (χ0v) is 19.6. The van der Waals surface area contributed by atoms with E-state index in [1.54, 1.807) is 6.07 Å². The van der Waals surface area contributed by atoms with Crippen LogP contribution in [-0.2, 0) is 33.5 Å². The SMILES string of the molecule is CC(=O)CC(=O)OCC1=C(C(=O)O)N2C(=O)[C@@H](NC(=O)C(=NOCC#N)c3nsc(N)n3)[C@@H]2SC1. The summed E-state index contributed by atoms with van der Waals surface area (Å²) in [5.74, 6) is -4.35. The van der Waals surface area contributed by atoms with Crippen molar-refractivity contribution in [2.45, 2.75) is 24.8 Å². The number of carboxylic acids is 1. The average molecular weight is 524 g/mol. The summed E-state index contributed by atoms with van der Waals surface area (Å²) in [6, 6.07) is 0.565. The molecule has 35 heavy (non-hydrogen) atoms. The number of carbonyl (C=O) groups excluding carboxylic acids is 4. The number of nitrogen functional groups attached to an aromatic ring is 1. The predicted molar refractivity (Wildman–Crippen MR) is 118 cm³/mol. The lowest BCUT2D eigenvalue weighted by Crippen LogP contribution is -2.71. The second kappa shape index (κ2) is 10.9. The van der Waals surface area contributed by atoms with Gasteiger partial charge in [0.25, 0.3) is 11.8 Å². The molecule has 2 atom stereocenters. The van der Waals surface area contributed by atoms with Gasteiger partial charge < -0.3 is 25.7 Å². The van der Waals surface area contributed by atoms with E-state index in [2.05, 4.69) is 19.8 Å². The Kier molecular flexibility index (Phi) is 7.98. The number of aromatic nitrogens is 2. The molecular formula is C18H17N7O8S2. The summed E-state index contributed by atoms with van der Waals surface area (Å²) in [5.41, 5.74) is 4.92. The minimum atomic E-state index is -1.42. The molecule has 0 radical (unpaired) electrons. The number of oxime groups is 1. The molecule has 0 aliphatic carbocycles. The third-order valence-corrected chi connectivity index (χ3v) is 6.37. The van der Waals surface area contributed by atoms with E-state index in [4.69, 9.17) is 20.6 Å². The minimum Gasteiger partial charge on any atom is -0.477 e. The van der Waals surface area contributed by atoms with Gasteiger partial charge in [0.15, 0.2) is 5.13 Å². The number of hydrogen-bond acceptors (Lipinski definition) is 14. The molecule has 0 bridgehead atoms. The molecule has 17 heteroatoms. The van der Waals surface area contributed by atoms with Crippen molar-refractivity contribution in [3.05, 3.63) is 17.1 Å². The van der Waals surface area contributed by atoms with E-state index in [1.807, 2.05) is 0 Å². The molecule has 0 saturated carbocycles. The Balaban J connectivity index is 1.74. The number of carboxylic acid groups (broad SMARTS) is 1. The highest BCUT2D eigenvalue weighted by atomic mass is 32.2. The average Bonchev–Trinajstić information content (AvgIpc) is 3.23. The van der Waals surface area contributed by atoms with Crippen LogP contribution in [0.25, 0.3) is 0 Å². The van der Waals surface area contributed by atoms with Crippen molar-refractivity contribution < 1.29 is 38.7 Å². The van der Waals surface area contributed by atoms with E-state index in [1.165, 1.54) is 6.92 Å². The number of nitrogens with two attached hydrogens (primary N) is 1. The lowest BCUT2D eigenvalue weighted by Gasteiger charge is -2.49. The summed E-state index contributed by atoms with van der Waals surface area (Å²) >= 11 is 1.93. The number of thioether (sulfide) groups is 1. The van der Waals surface area contributed by atoms with Gasteiger partial charge in [-0.1, -0.05) is 5.16 Å². The van der Waals surface area contributed by atoms with E-state index in [0.717, 1.165) is 28.2 Å². The Morgan fingerprint density at radius 3 is 2.74 bits per heavy atom. The number of nitrogens with zero attached hydrogens (tertiary/aromatic N) is 5. The maximum Gasteiger partial charge on any atom is 0.352 e. The predicted octanol–water partition coefficient (Wildman–Crippen LogP) is -1.37. The summed E-state index contributed by atoms with van der Waals surface area (Å²) in [6.07, 6.45) is -0.455. The summed E-state index contributed by atoms with van der Waals surface area (Å²) < 4.78 is 8.83. The number of fused-ring (bicyclic) bond motifs is 1.